The van der Waals surface area contributed by atoms with Crippen LogP contribution in [0.1, 0.15) is 60.3 Å². The number of carbonyl (C=O) groups is 2. The number of carbonyl (C=O) groups excluding carboxylic acids is 2. The van der Waals surface area contributed by atoms with Gasteiger partial charge in [0.05, 0.1) is 30.2 Å². The average Bonchev–Trinajstić information content (AvgIpc) is 3.08. The molecule has 5 rings (SSSR count). The van der Waals surface area contributed by atoms with Crippen LogP contribution in [-0.2, 0) is 32.2 Å². The summed E-state index contributed by atoms with van der Waals surface area (Å²) in [6.07, 6.45) is 0.932. The SMILES string of the molecule is Nc1ccccc1NC(=O)CCCC(=O)NCc1ccc([C@H]2O[C@@H](CSc3ccccc3)C[C@@H](c3ccc(CO)cc3)O2)cc1. The van der Waals surface area contributed by atoms with E-state index in [0.717, 1.165) is 34.4 Å². The molecule has 234 valence electrons. The van der Waals surface area contributed by atoms with Crippen molar-refractivity contribution in [2.24, 2.45) is 0 Å². The number of nitrogen functional groups attached to an aromatic ring is 1. The molecule has 1 heterocycles. The maximum Gasteiger partial charge on any atom is 0.224 e. The second-order valence-electron chi connectivity index (χ2n) is 11.0. The lowest BCUT2D eigenvalue weighted by Crippen LogP contribution is -2.31. The number of thioether (sulfide) groups is 1. The molecule has 1 saturated heterocycles. The van der Waals surface area contributed by atoms with Crippen LogP contribution in [0, 0.1) is 0 Å². The van der Waals surface area contributed by atoms with Crippen molar-refractivity contribution >= 4 is 35.0 Å². The lowest BCUT2D eigenvalue weighted by atomic mass is 10.0. The van der Waals surface area contributed by atoms with Crippen molar-refractivity contribution in [1.29, 1.82) is 0 Å². The van der Waals surface area contributed by atoms with E-state index < -0.39 is 6.29 Å². The average molecular weight is 626 g/mol. The highest BCUT2D eigenvalue weighted by Gasteiger charge is 2.32. The van der Waals surface area contributed by atoms with Crippen molar-refractivity contribution in [2.45, 2.75) is 62.2 Å². The molecule has 1 aliphatic rings. The van der Waals surface area contributed by atoms with Crippen LogP contribution in [0.4, 0.5) is 11.4 Å². The van der Waals surface area contributed by atoms with E-state index in [-0.39, 0.29) is 43.5 Å². The zero-order chi connectivity index (χ0) is 31.4. The number of aliphatic hydroxyl groups is 1. The first kappa shape index (κ1) is 32.2. The predicted octanol–water partition coefficient (Wildman–Crippen LogP) is 6.52. The number of nitrogens with one attached hydrogen (secondary N) is 2. The van der Waals surface area contributed by atoms with Gasteiger partial charge in [-0.3, -0.25) is 9.59 Å². The van der Waals surface area contributed by atoms with E-state index in [2.05, 4.69) is 22.8 Å². The molecule has 0 aromatic heterocycles. The van der Waals surface area contributed by atoms with E-state index in [9.17, 15) is 14.7 Å². The van der Waals surface area contributed by atoms with Gasteiger partial charge in [-0.2, -0.15) is 0 Å². The number of hydrogen-bond acceptors (Lipinski definition) is 7. The molecule has 0 bridgehead atoms. The Bertz CT molecular complexity index is 1530. The number of anilines is 2. The lowest BCUT2D eigenvalue weighted by molar-refractivity contribution is -0.245. The summed E-state index contributed by atoms with van der Waals surface area (Å²) in [5, 5.41) is 15.2. The molecule has 4 aromatic rings. The van der Waals surface area contributed by atoms with Crippen molar-refractivity contribution in [3.8, 4) is 0 Å². The summed E-state index contributed by atoms with van der Waals surface area (Å²) in [6.45, 7) is 0.386. The summed E-state index contributed by atoms with van der Waals surface area (Å²) >= 11 is 1.77. The van der Waals surface area contributed by atoms with Gasteiger partial charge >= 0.3 is 0 Å². The van der Waals surface area contributed by atoms with Crippen LogP contribution >= 0.6 is 11.8 Å². The van der Waals surface area contributed by atoms with Gasteiger partial charge in [0.2, 0.25) is 11.8 Å². The first-order chi connectivity index (χ1) is 22.0. The minimum Gasteiger partial charge on any atom is -0.397 e. The van der Waals surface area contributed by atoms with Crippen LogP contribution in [0.5, 0.6) is 0 Å². The number of amides is 2. The quantitative estimate of drug-likeness (QED) is 0.0985. The molecule has 4 aromatic carbocycles. The van der Waals surface area contributed by atoms with Gasteiger partial charge in [0.25, 0.3) is 0 Å². The fourth-order valence-corrected chi connectivity index (χ4v) is 5.99. The fourth-order valence-electron chi connectivity index (χ4n) is 5.04. The van der Waals surface area contributed by atoms with E-state index in [1.54, 1.807) is 36.0 Å². The summed E-state index contributed by atoms with van der Waals surface area (Å²) in [7, 11) is 0. The third kappa shape index (κ3) is 9.67. The second kappa shape index (κ2) is 16.2. The molecule has 0 radical (unpaired) electrons. The maximum atomic E-state index is 12.4. The number of ether oxygens (including phenoxy) is 2. The zero-order valence-electron chi connectivity index (χ0n) is 25.1. The van der Waals surface area contributed by atoms with Gasteiger partial charge in [0, 0.05) is 42.0 Å². The molecule has 1 aliphatic heterocycles. The molecule has 5 N–H and O–H groups in total. The number of para-hydroxylation sites is 2. The van der Waals surface area contributed by atoms with Gasteiger partial charge in [-0.15, -0.1) is 11.8 Å². The first-order valence-electron chi connectivity index (χ1n) is 15.1. The van der Waals surface area contributed by atoms with Crippen LogP contribution < -0.4 is 16.4 Å². The van der Waals surface area contributed by atoms with E-state index in [1.165, 1.54) is 4.90 Å². The van der Waals surface area contributed by atoms with Gasteiger partial charge in [-0.1, -0.05) is 78.9 Å². The summed E-state index contributed by atoms with van der Waals surface area (Å²) in [5.41, 5.74) is 10.7. The van der Waals surface area contributed by atoms with E-state index in [4.69, 9.17) is 15.2 Å². The minimum atomic E-state index is -0.538. The van der Waals surface area contributed by atoms with Crippen molar-refractivity contribution in [1.82, 2.24) is 5.32 Å². The van der Waals surface area contributed by atoms with Crippen molar-refractivity contribution in [3.05, 3.63) is 125 Å². The molecule has 0 spiro atoms. The van der Waals surface area contributed by atoms with Gasteiger partial charge in [-0.25, -0.2) is 0 Å². The molecule has 8 nitrogen and oxygen atoms in total. The third-order valence-corrected chi connectivity index (χ3v) is 8.72. The molecule has 9 heteroatoms. The van der Waals surface area contributed by atoms with Gasteiger partial charge < -0.3 is 30.9 Å². The summed E-state index contributed by atoms with van der Waals surface area (Å²) in [4.78, 5) is 25.8. The van der Waals surface area contributed by atoms with E-state index >= 15 is 0 Å². The lowest BCUT2D eigenvalue weighted by Gasteiger charge is -2.36. The predicted molar refractivity (Wildman–Crippen MR) is 177 cm³/mol. The highest BCUT2D eigenvalue weighted by molar-refractivity contribution is 7.99. The summed E-state index contributed by atoms with van der Waals surface area (Å²) in [5.74, 6) is 0.508. The molecule has 0 saturated carbocycles. The zero-order valence-corrected chi connectivity index (χ0v) is 25.9. The Kier molecular flexibility index (Phi) is 11.6. The number of aliphatic hydroxyl groups excluding tert-OH is 1. The number of hydrogen-bond donors (Lipinski definition) is 4. The standard InChI is InChI=1S/C36H39N3O5S/c37-31-9-4-5-10-32(31)39-35(42)12-6-11-34(41)38-22-25-13-19-28(20-14-25)36-43-29(24-45-30-7-2-1-3-8-30)21-33(44-36)27-17-15-26(23-40)16-18-27/h1-5,7-10,13-20,29,33,36,40H,6,11-12,21-24,37H2,(H,38,41)(H,39,42)/t29-,33+,36+/m1/s1. The monoisotopic (exact) mass is 625 g/mol. The minimum absolute atomic E-state index is 0.00250. The Morgan fingerprint density at radius 3 is 2.20 bits per heavy atom. The number of rotatable bonds is 13. The highest BCUT2D eigenvalue weighted by atomic mass is 32.2. The summed E-state index contributed by atoms with van der Waals surface area (Å²) in [6, 6.07) is 33.1. The number of benzene rings is 4. The number of nitrogens with two attached hydrogens (primary N) is 1. The topological polar surface area (TPSA) is 123 Å². The Labute approximate surface area is 268 Å². The Hall–Kier alpha value is -4.15. The molecule has 1 fully saturated rings. The van der Waals surface area contributed by atoms with E-state index in [0.29, 0.717) is 24.3 Å². The van der Waals surface area contributed by atoms with E-state index in [1.807, 2.05) is 66.7 Å². The van der Waals surface area contributed by atoms with Crippen molar-refractivity contribution in [2.75, 3.05) is 16.8 Å². The fraction of sp³-hybridized carbons (Fsp3) is 0.278. The van der Waals surface area contributed by atoms with Crippen molar-refractivity contribution < 1.29 is 24.2 Å². The largest absolute Gasteiger partial charge is 0.397 e. The van der Waals surface area contributed by atoms with Crippen LogP contribution in [0.3, 0.4) is 0 Å². The van der Waals surface area contributed by atoms with Crippen molar-refractivity contribution in [3.63, 3.8) is 0 Å². The normalized spacial score (nSPS) is 17.8. The maximum absolute atomic E-state index is 12.4. The third-order valence-electron chi connectivity index (χ3n) is 7.58. The molecular weight excluding hydrogens is 586 g/mol. The first-order valence-corrected chi connectivity index (χ1v) is 16.1. The van der Waals surface area contributed by atoms with Crippen LogP contribution in [-0.4, -0.2) is 28.8 Å². The van der Waals surface area contributed by atoms with Crippen LogP contribution in [0.2, 0.25) is 0 Å². The van der Waals surface area contributed by atoms with Gasteiger partial charge in [-0.05, 0) is 47.4 Å². The molecular formula is C36H39N3O5S. The Morgan fingerprint density at radius 1 is 0.800 bits per heavy atom. The molecule has 3 atom stereocenters. The molecule has 0 aliphatic carbocycles. The van der Waals surface area contributed by atoms with Gasteiger partial charge in [0.1, 0.15) is 0 Å². The molecule has 0 unspecified atom stereocenters. The Morgan fingerprint density at radius 2 is 1.47 bits per heavy atom. The Balaban J connectivity index is 1.13. The molecule has 45 heavy (non-hydrogen) atoms. The smallest absolute Gasteiger partial charge is 0.224 e. The second-order valence-corrected chi connectivity index (χ2v) is 12.1. The van der Waals surface area contributed by atoms with Crippen LogP contribution in [0.25, 0.3) is 0 Å². The van der Waals surface area contributed by atoms with Crippen LogP contribution in [0.15, 0.2) is 108 Å². The molecule has 2 amide bonds. The highest BCUT2D eigenvalue weighted by Crippen LogP contribution is 2.39. The van der Waals surface area contributed by atoms with Gasteiger partial charge in [0.15, 0.2) is 6.29 Å². The summed E-state index contributed by atoms with van der Waals surface area (Å²) < 4.78 is 12.9.